The number of hydrogen-bond acceptors (Lipinski definition) is 10. The molecule has 4 rings (SSSR count). The van der Waals surface area contributed by atoms with Crippen molar-refractivity contribution in [2.45, 2.75) is 19.9 Å². The predicted octanol–water partition coefficient (Wildman–Crippen LogP) is 3.59. The number of rotatable bonds is 10. The van der Waals surface area contributed by atoms with E-state index in [0.717, 1.165) is 11.3 Å². The molecule has 0 radical (unpaired) electrons. The molecule has 0 unspecified atom stereocenters. The second kappa shape index (κ2) is 12.9. The van der Waals surface area contributed by atoms with Crippen molar-refractivity contribution in [1.29, 1.82) is 0 Å². The van der Waals surface area contributed by atoms with Crippen LogP contribution in [0.4, 0.5) is 0 Å². The van der Waals surface area contributed by atoms with Crippen molar-refractivity contribution in [3.63, 3.8) is 0 Å². The molecule has 2 heterocycles. The lowest BCUT2D eigenvalue weighted by Crippen LogP contribution is -2.40. The third-order valence-electron chi connectivity index (χ3n) is 6.18. The van der Waals surface area contributed by atoms with Crippen molar-refractivity contribution in [2.75, 3.05) is 34.5 Å². The van der Waals surface area contributed by atoms with Gasteiger partial charge in [-0.05, 0) is 55.3 Å². The molecule has 1 atom stereocenters. The lowest BCUT2D eigenvalue weighted by Gasteiger charge is -2.26. The summed E-state index contributed by atoms with van der Waals surface area (Å²) in [6, 6.07) is 5.38. The van der Waals surface area contributed by atoms with Gasteiger partial charge >= 0.3 is 11.9 Å². The van der Waals surface area contributed by atoms with Crippen molar-refractivity contribution < 1.29 is 38.4 Å². The molecule has 1 aromatic heterocycles. The van der Waals surface area contributed by atoms with Gasteiger partial charge in [-0.15, -0.1) is 0 Å². The molecule has 2 aromatic carbocycles. The first-order valence-electron chi connectivity index (χ1n) is 12.4. The van der Waals surface area contributed by atoms with Gasteiger partial charge in [0.1, 0.15) is 0 Å². The molecule has 1 aliphatic rings. The standard InChI is InChI=1S/C28H26Cl2N2O9S/c1-6-40-27(36)22-13(2)31-28-32(23(22)15-10-18(37-3)25(39-5)19(11-15)38-4)26(35)20(42-28)9-14-7-16(29)24(17(30)8-14)41-12-21(33)34/h7-11,23H,6,12H2,1-5H3,(H,33,34)/t23-/m0/s1. The molecule has 0 amide bonds. The fourth-order valence-electron chi connectivity index (χ4n) is 4.45. The summed E-state index contributed by atoms with van der Waals surface area (Å²) >= 11 is 13.7. The summed E-state index contributed by atoms with van der Waals surface area (Å²) in [7, 11) is 4.41. The number of carbonyl (C=O) groups is 2. The summed E-state index contributed by atoms with van der Waals surface area (Å²) in [5, 5.41) is 9.03. The van der Waals surface area contributed by atoms with Gasteiger partial charge in [0.25, 0.3) is 5.56 Å². The van der Waals surface area contributed by atoms with Crippen LogP contribution in [0.1, 0.15) is 31.0 Å². The van der Waals surface area contributed by atoms with E-state index in [9.17, 15) is 14.4 Å². The van der Waals surface area contributed by atoms with Gasteiger partial charge in [-0.2, -0.15) is 0 Å². The Morgan fingerprint density at radius 2 is 1.67 bits per heavy atom. The minimum absolute atomic E-state index is 0.0106. The van der Waals surface area contributed by atoms with Crippen LogP contribution in [-0.2, 0) is 14.3 Å². The number of carbonyl (C=O) groups excluding carboxylic acids is 1. The van der Waals surface area contributed by atoms with E-state index in [1.807, 2.05) is 0 Å². The van der Waals surface area contributed by atoms with Crippen molar-refractivity contribution >= 4 is 52.6 Å². The molecule has 14 heteroatoms. The maximum absolute atomic E-state index is 13.9. The molecule has 0 saturated carbocycles. The zero-order chi connectivity index (χ0) is 30.7. The van der Waals surface area contributed by atoms with E-state index in [-0.39, 0.29) is 32.5 Å². The van der Waals surface area contributed by atoms with Crippen LogP contribution in [0.2, 0.25) is 10.0 Å². The van der Waals surface area contributed by atoms with Crippen LogP contribution >= 0.6 is 34.5 Å². The average molecular weight is 637 g/mol. The zero-order valence-electron chi connectivity index (χ0n) is 23.2. The minimum atomic E-state index is -1.19. The molecule has 1 N–H and O–H groups in total. The molecule has 0 fully saturated rings. The zero-order valence-corrected chi connectivity index (χ0v) is 25.5. The first-order valence-corrected chi connectivity index (χ1v) is 13.9. The fourth-order valence-corrected chi connectivity index (χ4v) is 6.11. The van der Waals surface area contributed by atoms with E-state index in [1.54, 1.807) is 32.1 Å². The third kappa shape index (κ3) is 5.96. The number of esters is 1. The summed E-state index contributed by atoms with van der Waals surface area (Å²) in [6.45, 7) is 2.85. The van der Waals surface area contributed by atoms with E-state index in [0.29, 0.717) is 38.9 Å². The van der Waals surface area contributed by atoms with E-state index in [4.69, 9.17) is 52.0 Å². The number of nitrogens with zero attached hydrogens (tertiary/aromatic N) is 2. The largest absolute Gasteiger partial charge is 0.493 e. The van der Waals surface area contributed by atoms with Crippen molar-refractivity contribution in [3.05, 3.63) is 76.4 Å². The fraction of sp³-hybridized carbons (Fsp3) is 0.286. The molecular weight excluding hydrogens is 611 g/mol. The van der Waals surface area contributed by atoms with Crippen molar-refractivity contribution in [1.82, 2.24) is 4.57 Å². The normalized spacial score (nSPS) is 14.6. The summed E-state index contributed by atoms with van der Waals surface area (Å²) in [4.78, 5) is 43.0. The Balaban J connectivity index is 1.94. The van der Waals surface area contributed by atoms with Gasteiger partial charge in [0.05, 0.1) is 59.8 Å². The number of hydrogen-bond donors (Lipinski definition) is 1. The third-order valence-corrected chi connectivity index (χ3v) is 7.72. The molecule has 0 aliphatic carbocycles. The number of aliphatic carboxylic acids is 1. The molecule has 0 saturated heterocycles. The van der Waals surface area contributed by atoms with Crippen LogP contribution in [0, 0.1) is 0 Å². The van der Waals surface area contributed by atoms with Gasteiger partial charge in [0, 0.05) is 0 Å². The van der Waals surface area contributed by atoms with Gasteiger partial charge in [0.15, 0.2) is 28.7 Å². The Morgan fingerprint density at radius 1 is 1.05 bits per heavy atom. The Kier molecular flexibility index (Phi) is 9.50. The van der Waals surface area contributed by atoms with Crippen molar-refractivity contribution in [3.8, 4) is 23.0 Å². The monoisotopic (exact) mass is 636 g/mol. The quantitative estimate of drug-likeness (QED) is 0.331. The number of thiazole rings is 1. The van der Waals surface area contributed by atoms with E-state index >= 15 is 0 Å². The average Bonchev–Trinajstić information content (AvgIpc) is 3.24. The van der Waals surface area contributed by atoms with Gasteiger partial charge in [-0.3, -0.25) is 9.36 Å². The molecule has 222 valence electrons. The molecule has 3 aromatic rings. The van der Waals surface area contributed by atoms with Gasteiger partial charge in [0.2, 0.25) is 5.75 Å². The Labute approximate surface area is 253 Å². The molecule has 0 spiro atoms. The van der Waals surface area contributed by atoms with Crippen LogP contribution in [-0.4, -0.2) is 56.2 Å². The Hall–Kier alpha value is -4.00. The van der Waals surface area contributed by atoms with Crippen molar-refractivity contribution in [2.24, 2.45) is 4.99 Å². The van der Waals surface area contributed by atoms with Crippen LogP contribution in [0.5, 0.6) is 23.0 Å². The van der Waals surface area contributed by atoms with Crippen LogP contribution in [0.15, 0.2) is 45.3 Å². The minimum Gasteiger partial charge on any atom is -0.493 e. The first-order chi connectivity index (χ1) is 20.0. The predicted molar refractivity (Wildman–Crippen MR) is 156 cm³/mol. The van der Waals surface area contributed by atoms with Crippen LogP contribution in [0.3, 0.4) is 0 Å². The summed E-state index contributed by atoms with van der Waals surface area (Å²) in [5.74, 6) is -0.785. The van der Waals surface area contributed by atoms with E-state index in [2.05, 4.69) is 4.99 Å². The molecule has 11 nitrogen and oxygen atoms in total. The lowest BCUT2D eigenvalue weighted by molar-refractivity contribution is -0.140. The smallest absolute Gasteiger partial charge is 0.341 e. The SMILES string of the molecule is CCOC(=O)C1=C(C)N=c2sc(=Cc3cc(Cl)c(OCC(=O)O)c(Cl)c3)c(=O)n2[C@H]1c1cc(OC)c(OC)c(OC)c1. The number of carboxylic acid groups (broad SMARTS) is 1. The second-order valence-electron chi connectivity index (χ2n) is 8.76. The van der Waals surface area contributed by atoms with Gasteiger partial charge < -0.3 is 28.8 Å². The number of fused-ring (bicyclic) bond motifs is 1. The highest BCUT2D eigenvalue weighted by Gasteiger charge is 2.34. The number of carboxylic acids is 1. The van der Waals surface area contributed by atoms with Crippen LogP contribution in [0.25, 0.3) is 6.08 Å². The maximum Gasteiger partial charge on any atom is 0.341 e. The summed E-state index contributed by atoms with van der Waals surface area (Å²) in [5.41, 5.74) is 1.08. The molecule has 0 bridgehead atoms. The highest BCUT2D eigenvalue weighted by atomic mass is 35.5. The topological polar surface area (TPSA) is 135 Å². The highest BCUT2D eigenvalue weighted by Crippen LogP contribution is 2.42. The van der Waals surface area contributed by atoms with Crippen LogP contribution < -0.4 is 33.8 Å². The lowest BCUT2D eigenvalue weighted by atomic mass is 9.95. The molecular formula is C28H26Cl2N2O9S. The number of halogens is 2. The number of allylic oxidation sites excluding steroid dienone is 1. The highest BCUT2D eigenvalue weighted by molar-refractivity contribution is 7.07. The second-order valence-corrected chi connectivity index (χ2v) is 10.6. The number of aromatic nitrogens is 1. The number of methoxy groups -OCH3 is 3. The van der Waals surface area contributed by atoms with E-state index < -0.39 is 30.1 Å². The summed E-state index contributed by atoms with van der Waals surface area (Å²) in [6.07, 6.45) is 1.57. The van der Waals surface area contributed by atoms with Gasteiger partial charge in [-0.25, -0.2) is 14.6 Å². The number of ether oxygens (including phenoxy) is 5. The van der Waals surface area contributed by atoms with Gasteiger partial charge in [-0.1, -0.05) is 34.5 Å². The Bertz CT molecular complexity index is 1730. The first kappa shape index (κ1) is 30.9. The van der Waals surface area contributed by atoms with E-state index in [1.165, 1.54) is 38.0 Å². The molecule has 1 aliphatic heterocycles. The maximum atomic E-state index is 13.9. The summed E-state index contributed by atoms with van der Waals surface area (Å²) < 4.78 is 28.7. The number of benzene rings is 2. The molecule has 42 heavy (non-hydrogen) atoms. The Morgan fingerprint density at radius 3 is 2.19 bits per heavy atom.